The molecule has 0 fully saturated rings. The number of aryl methyl sites for hydroxylation is 1. The first-order chi connectivity index (χ1) is 13.7. The van der Waals surface area contributed by atoms with Crippen molar-refractivity contribution in [2.24, 2.45) is 7.05 Å². The lowest BCUT2D eigenvalue weighted by Crippen LogP contribution is -2.39. The highest BCUT2D eigenvalue weighted by Crippen LogP contribution is 2.24. The highest BCUT2D eigenvalue weighted by molar-refractivity contribution is 5.80. The SMILES string of the molecule is Cn1c(=O)oc2ccc(-c3ccc(CC(C#N)NC(=O)OC(C)(C)C)cc3)cc21. The van der Waals surface area contributed by atoms with Gasteiger partial charge >= 0.3 is 11.8 Å². The van der Waals surface area contributed by atoms with Gasteiger partial charge in [-0.3, -0.25) is 4.57 Å². The second kappa shape index (κ2) is 7.84. The second-order valence-electron chi connectivity index (χ2n) is 7.84. The van der Waals surface area contributed by atoms with Gasteiger partial charge in [-0.15, -0.1) is 0 Å². The van der Waals surface area contributed by atoms with E-state index >= 15 is 0 Å². The third kappa shape index (κ3) is 4.85. The molecule has 0 spiro atoms. The lowest BCUT2D eigenvalue weighted by Gasteiger charge is -2.21. The third-order valence-electron chi connectivity index (χ3n) is 4.37. The van der Waals surface area contributed by atoms with Gasteiger partial charge in [-0.05, 0) is 49.6 Å². The van der Waals surface area contributed by atoms with Crippen LogP contribution in [0.25, 0.3) is 22.2 Å². The van der Waals surface area contributed by atoms with Crippen LogP contribution in [0, 0.1) is 11.3 Å². The van der Waals surface area contributed by atoms with Gasteiger partial charge in [0.2, 0.25) is 0 Å². The summed E-state index contributed by atoms with van der Waals surface area (Å²) in [6.07, 6.45) is -0.245. The van der Waals surface area contributed by atoms with E-state index in [9.17, 15) is 14.9 Å². The molecule has 7 heteroatoms. The molecular formula is C22H23N3O4. The van der Waals surface area contributed by atoms with Gasteiger partial charge in [0.15, 0.2) is 5.58 Å². The Morgan fingerprint density at radius 2 is 1.86 bits per heavy atom. The standard InChI is InChI=1S/C22H23N3O4/c1-22(2,3)29-20(26)24-17(13-23)11-14-5-7-15(8-6-14)16-9-10-19-18(12-16)25(4)21(27)28-19/h5-10,12,17H,11H2,1-4H3,(H,24,26). The van der Waals surface area contributed by atoms with E-state index in [1.807, 2.05) is 36.4 Å². The molecule has 7 nitrogen and oxygen atoms in total. The van der Waals surface area contributed by atoms with Crippen molar-refractivity contribution in [2.75, 3.05) is 0 Å². The maximum Gasteiger partial charge on any atom is 0.419 e. The van der Waals surface area contributed by atoms with Crippen molar-refractivity contribution in [2.45, 2.75) is 38.8 Å². The van der Waals surface area contributed by atoms with Crippen molar-refractivity contribution >= 4 is 17.2 Å². The first-order valence-electron chi connectivity index (χ1n) is 9.24. The summed E-state index contributed by atoms with van der Waals surface area (Å²) in [4.78, 5) is 23.5. The number of ether oxygens (including phenoxy) is 1. The van der Waals surface area contributed by atoms with Crippen LogP contribution < -0.4 is 11.1 Å². The minimum atomic E-state index is -0.687. The fraction of sp³-hybridized carbons (Fsp3) is 0.318. The molecule has 0 radical (unpaired) electrons. The predicted molar refractivity (Wildman–Crippen MR) is 109 cm³/mol. The van der Waals surface area contributed by atoms with Crippen LogP contribution in [0.1, 0.15) is 26.3 Å². The number of hydrogen-bond donors (Lipinski definition) is 1. The molecule has 1 atom stereocenters. The van der Waals surface area contributed by atoms with E-state index in [0.29, 0.717) is 12.0 Å². The molecule has 3 rings (SSSR count). The molecule has 1 aromatic heterocycles. The number of fused-ring (bicyclic) bond motifs is 1. The van der Waals surface area contributed by atoms with Crippen LogP contribution in [0.4, 0.5) is 4.79 Å². The minimum absolute atomic E-state index is 0.366. The van der Waals surface area contributed by atoms with Gasteiger partial charge in [0.1, 0.15) is 11.6 Å². The average Bonchev–Trinajstić information content (AvgIpc) is 2.94. The Morgan fingerprint density at radius 3 is 2.48 bits per heavy atom. The molecule has 0 aliphatic carbocycles. The summed E-state index contributed by atoms with van der Waals surface area (Å²) < 4.78 is 11.8. The number of amides is 1. The normalized spacial score (nSPS) is 12.4. The molecule has 2 aromatic carbocycles. The lowest BCUT2D eigenvalue weighted by atomic mass is 10.0. The van der Waals surface area contributed by atoms with Gasteiger partial charge in [0.25, 0.3) is 0 Å². The molecule has 1 amide bonds. The molecule has 29 heavy (non-hydrogen) atoms. The number of nitrogens with one attached hydrogen (secondary N) is 1. The van der Waals surface area contributed by atoms with Gasteiger partial charge in [-0.2, -0.15) is 5.26 Å². The van der Waals surface area contributed by atoms with E-state index in [-0.39, 0.29) is 0 Å². The molecular weight excluding hydrogens is 370 g/mol. The molecule has 1 heterocycles. The molecule has 0 aliphatic heterocycles. The number of carbonyl (C=O) groups is 1. The van der Waals surface area contributed by atoms with Crippen molar-refractivity contribution < 1.29 is 13.9 Å². The van der Waals surface area contributed by atoms with E-state index in [1.54, 1.807) is 33.9 Å². The Morgan fingerprint density at radius 1 is 1.21 bits per heavy atom. The maximum absolute atomic E-state index is 11.9. The third-order valence-corrected chi connectivity index (χ3v) is 4.37. The Balaban J connectivity index is 1.73. The topological polar surface area (TPSA) is 97.3 Å². The summed E-state index contributed by atoms with van der Waals surface area (Å²) in [7, 11) is 1.67. The molecule has 1 unspecified atom stereocenters. The van der Waals surface area contributed by atoms with Crippen LogP contribution in [0.3, 0.4) is 0 Å². The molecule has 0 aliphatic rings. The summed E-state index contributed by atoms with van der Waals surface area (Å²) in [5.41, 5.74) is 3.48. The van der Waals surface area contributed by atoms with Crippen molar-refractivity contribution in [3.8, 4) is 17.2 Å². The minimum Gasteiger partial charge on any atom is -0.444 e. The van der Waals surface area contributed by atoms with Crippen LogP contribution in [-0.4, -0.2) is 22.3 Å². The lowest BCUT2D eigenvalue weighted by molar-refractivity contribution is 0.0516. The fourth-order valence-corrected chi connectivity index (χ4v) is 2.95. The monoisotopic (exact) mass is 393 g/mol. The number of rotatable bonds is 4. The highest BCUT2D eigenvalue weighted by atomic mass is 16.6. The Bertz CT molecular complexity index is 1130. The number of benzene rings is 2. The van der Waals surface area contributed by atoms with E-state index in [4.69, 9.17) is 9.15 Å². The van der Waals surface area contributed by atoms with Gasteiger partial charge in [0.05, 0.1) is 11.6 Å². The zero-order chi connectivity index (χ0) is 21.2. The summed E-state index contributed by atoms with van der Waals surface area (Å²) in [5, 5.41) is 11.9. The van der Waals surface area contributed by atoms with Crippen LogP contribution >= 0.6 is 0 Å². The van der Waals surface area contributed by atoms with Crippen LogP contribution in [-0.2, 0) is 18.2 Å². The number of nitrogens with zero attached hydrogens (tertiary/aromatic N) is 2. The summed E-state index contributed by atoms with van der Waals surface area (Å²) in [5.74, 6) is -0.396. The second-order valence-corrected chi connectivity index (χ2v) is 7.84. The Kier molecular flexibility index (Phi) is 5.46. The van der Waals surface area contributed by atoms with Crippen molar-refractivity contribution in [1.82, 2.24) is 9.88 Å². The van der Waals surface area contributed by atoms with E-state index in [2.05, 4.69) is 11.4 Å². The molecule has 0 bridgehead atoms. The Labute approximate surface area is 168 Å². The summed E-state index contributed by atoms with van der Waals surface area (Å²) >= 11 is 0. The largest absolute Gasteiger partial charge is 0.444 e. The first kappa shape index (κ1) is 20.2. The number of oxazole rings is 1. The smallest absolute Gasteiger partial charge is 0.419 e. The average molecular weight is 393 g/mol. The summed E-state index contributed by atoms with van der Waals surface area (Å²) in [6.45, 7) is 5.31. The van der Waals surface area contributed by atoms with E-state index in [0.717, 1.165) is 22.2 Å². The van der Waals surface area contributed by atoms with Crippen molar-refractivity contribution in [3.63, 3.8) is 0 Å². The molecule has 150 valence electrons. The molecule has 0 saturated carbocycles. The van der Waals surface area contributed by atoms with Gasteiger partial charge in [-0.25, -0.2) is 9.59 Å². The number of aromatic nitrogens is 1. The van der Waals surface area contributed by atoms with Gasteiger partial charge in [-0.1, -0.05) is 30.3 Å². The maximum atomic E-state index is 11.9. The van der Waals surface area contributed by atoms with E-state index in [1.165, 1.54) is 4.57 Å². The van der Waals surface area contributed by atoms with Crippen LogP contribution in [0.5, 0.6) is 0 Å². The van der Waals surface area contributed by atoms with Crippen molar-refractivity contribution in [1.29, 1.82) is 5.26 Å². The number of hydrogen-bond acceptors (Lipinski definition) is 5. The fourth-order valence-electron chi connectivity index (χ4n) is 2.95. The van der Waals surface area contributed by atoms with E-state index < -0.39 is 23.5 Å². The van der Waals surface area contributed by atoms with Gasteiger partial charge in [0, 0.05) is 13.5 Å². The van der Waals surface area contributed by atoms with Crippen LogP contribution in [0.15, 0.2) is 51.7 Å². The van der Waals surface area contributed by atoms with Crippen LogP contribution in [0.2, 0.25) is 0 Å². The Hall–Kier alpha value is -3.53. The zero-order valence-corrected chi connectivity index (χ0v) is 16.9. The molecule has 1 N–H and O–H groups in total. The number of alkyl carbamates (subject to hydrolysis) is 1. The van der Waals surface area contributed by atoms with Crippen molar-refractivity contribution in [3.05, 3.63) is 58.6 Å². The quantitative estimate of drug-likeness (QED) is 0.728. The molecule has 0 saturated heterocycles. The molecule has 3 aromatic rings. The predicted octanol–water partition coefficient (Wildman–Crippen LogP) is 3.76. The first-order valence-corrected chi connectivity index (χ1v) is 9.24. The number of nitriles is 1. The number of carbonyl (C=O) groups excluding carboxylic acids is 1. The summed E-state index contributed by atoms with van der Waals surface area (Å²) in [6, 6.07) is 14.7. The zero-order valence-electron chi connectivity index (χ0n) is 16.9. The van der Waals surface area contributed by atoms with Gasteiger partial charge < -0.3 is 14.5 Å². The highest BCUT2D eigenvalue weighted by Gasteiger charge is 2.19.